The summed E-state index contributed by atoms with van der Waals surface area (Å²) in [6, 6.07) is 0. The number of carbonyl (C=O) groups excluding carboxylic acids is 5. The Morgan fingerprint density at radius 3 is 1.98 bits per heavy atom. The predicted molar refractivity (Wildman–Crippen MR) is 220 cm³/mol. The molecule has 4 rings (SSSR count). The minimum absolute atomic E-state index is 0.0930. The number of unbranched alkanes of at least 4 members (excludes halogenated alkanes) is 14. The summed E-state index contributed by atoms with van der Waals surface area (Å²) in [5.74, 6) is -2.34. The molecule has 2 amide bonds. The second-order valence-corrected chi connectivity index (χ2v) is 18.2. The third-order valence-corrected chi connectivity index (χ3v) is 14.4. The van der Waals surface area contributed by atoms with Crippen molar-refractivity contribution >= 4 is 29.5 Å². The first kappa shape index (κ1) is 47.6. The van der Waals surface area contributed by atoms with Crippen LogP contribution >= 0.6 is 0 Å². The molecular formula is C46H73FN2O9. The van der Waals surface area contributed by atoms with Gasteiger partial charge in [0.2, 0.25) is 11.7 Å². The summed E-state index contributed by atoms with van der Waals surface area (Å²) < 4.78 is 27.3. The summed E-state index contributed by atoms with van der Waals surface area (Å²) in [6.07, 6.45) is 21.2. The van der Waals surface area contributed by atoms with Gasteiger partial charge in [-0.2, -0.15) is 0 Å². The van der Waals surface area contributed by atoms with Gasteiger partial charge in [-0.1, -0.05) is 109 Å². The average molecular weight is 817 g/mol. The van der Waals surface area contributed by atoms with Crippen molar-refractivity contribution in [3.8, 4) is 0 Å². The predicted octanol–water partition coefficient (Wildman–Crippen LogP) is 7.94. The molecule has 4 aliphatic rings. The number of rotatable bonds is 25. The van der Waals surface area contributed by atoms with Gasteiger partial charge in [0.15, 0.2) is 18.1 Å². The zero-order chi connectivity index (χ0) is 42.4. The summed E-state index contributed by atoms with van der Waals surface area (Å²) in [7, 11) is 1.43. The Hall–Kier alpha value is -3.12. The largest absolute Gasteiger partial charge is 0.469 e. The van der Waals surface area contributed by atoms with Gasteiger partial charge < -0.3 is 30.3 Å². The van der Waals surface area contributed by atoms with E-state index in [0.717, 1.165) is 90.0 Å². The van der Waals surface area contributed by atoms with Crippen LogP contribution in [0.15, 0.2) is 23.8 Å². The molecule has 8 atom stereocenters. The number of hydrogen-bond acceptors (Lipinski definition) is 9. The topological polar surface area (TPSA) is 168 Å². The van der Waals surface area contributed by atoms with Crippen molar-refractivity contribution in [2.75, 3.05) is 26.8 Å². The molecule has 0 aromatic carbocycles. The Morgan fingerprint density at radius 1 is 0.828 bits per heavy atom. The number of esters is 1. The molecular weight excluding hydrogens is 744 g/mol. The van der Waals surface area contributed by atoms with E-state index in [1.807, 2.05) is 6.08 Å². The van der Waals surface area contributed by atoms with Crippen LogP contribution in [0, 0.1) is 28.6 Å². The van der Waals surface area contributed by atoms with Crippen LogP contribution < -0.4 is 10.6 Å². The molecule has 0 aliphatic heterocycles. The smallest absolute Gasteiger partial charge is 0.407 e. The van der Waals surface area contributed by atoms with Crippen LogP contribution in [0.3, 0.4) is 0 Å². The lowest BCUT2D eigenvalue weighted by molar-refractivity contribution is -0.215. The molecule has 0 bridgehead atoms. The van der Waals surface area contributed by atoms with Crippen LogP contribution in [-0.4, -0.2) is 83.9 Å². The first-order valence-electron chi connectivity index (χ1n) is 22.4. The van der Waals surface area contributed by atoms with E-state index in [0.29, 0.717) is 37.8 Å². The number of methoxy groups -OCH3 is 1. The normalized spacial score (nSPS) is 31.1. The number of carbonyl (C=O) groups is 5. The summed E-state index contributed by atoms with van der Waals surface area (Å²) in [5.41, 5.74) is -5.58. The van der Waals surface area contributed by atoms with Crippen LogP contribution in [0.5, 0.6) is 0 Å². The van der Waals surface area contributed by atoms with E-state index in [1.165, 1.54) is 32.4 Å². The van der Waals surface area contributed by atoms with E-state index >= 15 is 4.39 Å². The van der Waals surface area contributed by atoms with Crippen molar-refractivity contribution in [3.05, 3.63) is 23.8 Å². The number of ketones is 2. The summed E-state index contributed by atoms with van der Waals surface area (Å²) >= 11 is 0. The number of alkyl halides is 1. The van der Waals surface area contributed by atoms with Crippen LogP contribution in [0.1, 0.15) is 162 Å². The van der Waals surface area contributed by atoms with Gasteiger partial charge >= 0.3 is 12.1 Å². The van der Waals surface area contributed by atoms with E-state index < -0.39 is 64.4 Å². The molecule has 328 valence electrons. The minimum atomic E-state index is -2.05. The number of nitrogens with one attached hydrogen (secondary N) is 2. The van der Waals surface area contributed by atoms with Crippen molar-refractivity contribution in [1.82, 2.24) is 10.6 Å². The molecule has 5 unspecified atom stereocenters. The molecule has 2 saturated carbocycles. The van der Waals surface area contributed by atoms with Gasteiger partial charge in [0.25, 0.3) is 0 Å². The van der Waals surface area contributed by atoms with E-state index in [4.69, 9.17) is 4.74 Å². The maximum Gasteiger partial charge on any atom is 0.407 e. The molecule has 2 fully saturated rings. The van der Waals surface area contributed by atoms with E-state index in [-0.39, 0.29) is 30.5 Å². The fourth-order valence-electron chi connectivity index (χ4n) is 10.9. The number of halogens is 1. The lowest BCUT2D eigenvalue weighted by atomic mass is 9.45. The van der Waals surface area contributed by atoms with Gasteiger partial charge in [0.1, 0.15) is 5.60 Å². The highest BCUT2D eigenvalue weighted by Gasteiger charge is 2.75. The van der Waals surface area contributed by atoms with Gasteiger partial charge in [-0.3, -0.25) is 19.2 Å². The third-order valence-electron chi connectivity index (χ3n) is 14.4. The summed E-state index contributed by atoms with van der Waals surface area (Å²) in [6.45, 7) is 5.80. The molecule has 0 aromatic rings. The number of aliphatic hydroxyl groups is 2. The van der Waals surface area contributed by atoms with Crippen LogP contribution in [0.25, 0.3) is 0 Å². The Bertz CT molecular complexity index is 1480. The van der Waals surface area contributed by atoms with Crippen molar-refractivity contribution in [2.24, 2.45) is 28.6 Å². The number of Topliss-reactive ketones (excluding diaryl/α,β-unsaturated/α-hetero) is 1. The SMILES string of the molecule is COC(=O)CCCCCCCCCCNC(=O)CCCCCCCCCCNC(=O)OCC(=O)[C@@]1(O)[C@H](C)CC2C3CC=C4CC(=O)C=CC4(C)[C@@]3(F)C(O)CC21C. The number of alkyl carbamates (subject to hydrolysis) is 1. The number of amides is 2. The standard InChI is InChI=1S/C46H73FN2O9/c1-33-29-37-36-24-23-34-30-35(50)25-26-43(34,2)45(36,47)38(51)31-44(37,3)46(33,56)39(52)32-58-42(55)49-28-20-16-12-7-5-9-13-17-21-40(53)48-27-19-15-11-8-6-10-14-18-22-41(54)57-4/h23,25-26,33,36-38,51,56H,5-22,24,27-32H2,1-4H3,(H,48,53)(H,49,55)/t33-,36?,37?,38?,43?,44?,45+,46+/m1/s1. The van der Waals surface area contributed by atoms with E-state index in [2.05, 4.69) is 15.4 Å². The lowest BCUT2D eigenvalue weighted by Gasteiger charge is -2.62. The summed E-state index contributed by atoms with van der Waals surface area (Å²) in [5, 5.41) is 29.4. The molecule has 11 nitrogen and oxygen atoms in total. The Kier molecular flexibility index (Phi) is 18.0. The van der Waals surface area contributed by atoms with Crippen molar-refractivity contribution in [3.63, 3.8) is 0 Å². The molecule has 0 heterocycles. The molecule has 4 N–H and O–H groups in total. The zero-order valence-corrected chi connectivity index (χ0v) is 35.8. The maximum absolute atomic E-state index is 17.4. The highest BCUT2D eigenvalue weighted by molar-refractivity contribution is 5.94. The quantitative estimate of drug-likeness (QED) is 0.0406. The van der Waals surface area contributed by atoms with Crippen LogP contribution in [0.2, 0.25) is 0 Å². The second-order valence-electron chi connectivity index (χ2n) is 18.2. The van der Waals surface area contributed by atoms with Gasteiger partial charge in [-0.15, -0.1) is 0 Å². The minimum Gasteiger partial charge on any atom is -0.469 e. The third kappa shape index (κ3) is 11.0. The highest BCUT2D eigenvalue weighted by Crippen LogP contribution is 2.70. The molecule has 0 saturated heterocycles. The highest BCUT2D eigenvalue weighted by atomic mass is 19.1. The first-order valence-corrected chi connectivity index (χ1v) is 22.4. The van der Waals surface area contributed by atoms with Gasteiger partial charge in [0, 0.05) is 49.1 Å². The molecule has 0 spiro atoms. The van der Waals surface area contributed by atoms with Gasteiger partial charge in [-0.25, -0.2) is 9.18 Å². The molecule has 0 radical (unpaired) electrons. The number of aliphatic hydroxyl groups excluding tert-OH is 1. The fourth-order valence-corrected chi connectivity index (χ4v) is 10.9. The van der Waals surface area contributed by atoms with Crippen molar-refractivity contribution in [1.29, 1.82) is 0 Å². The number of ether oxygens (including phenoxy) is 2. The van der Waals surface area contributed by atoms with Crippen LogP contribution in [0.4, 0.5) is 9.18 Å². The monoisotopic (exact) mass is 817 g/mol. The second kappa shape index (κ2) is 21.9. The van der Waals surface area contributed by atoms with Crippen molar-refractivity contribution in [2.45, 2.75) is 179 Å². The Morgan fingerprint density at radius 2 is 1.38 bits per heavy atom. The van der Waals surface area contributed by atoms with Crippen LogP contribution in [-0.2, 0) is 28.7 Å². The zero-order valence-electron chi connectivity index (χ0n) is 35.8. The maximum atomic E-state index is 17.4. The van der Waals surface area contributed by atoms with Gasteiger partial charge in [-0.05, 0) is 69.8 Å². The number of fused-ring (bicyclic) bond motifs is 5. The number of allylic oxidation sites excluding steroid dienone is 4. The Labute approximate surface area is 346 Å². The molecule has 58 heavy (non-hydrogen) atoms. The molecule has 12 heteroatoms. The van der Waals surface area contributed by atoms with E-state index in [9.17, 15) is 34.2 Å². The summed E-state index contributed by atoms with van der Waals surface area (Å²) in [4.78, 5) is 61.6. The lowest BCUT2D eigenvalue weighted by Crippen LogP contribution is -2.69. The number of hydrogen-bond donors (Lipinski definition) is 4. The molecule has 4 aliphatic carbocycles. The first-order chi connectivity index (χ1) is 27.6. The average Bonchev–Trinajstić information content (AvgIpc) is 3.39. The van der Waals surface area contributed by atoms with Crippen molar-refractivity contribution < 1.29 is 48.0 Å². The van der Waals surface area contributed by atoms with Gasteiger partial charge in [0.05, 0.1) is 13.2 Å². The molecule has 0 aromatic heterocycles. The van der Waals surface area contributed by atoms with E-state index in [1.54, 1.807) is 26.8 Å². The Balaban J connectivity index is 1.02. The fraction of sp³-hybridized carbons (Fsp3) is 0.804.